The Bertz CT molecular complexity index is 458. The Hall–Kier alpha value is -1.45. The molecule has 2 aliphatic heterocycles. The second kappa shape index (κ2) is 3.27. The molecule has 84 valence electrons. The van der Waals surface area contributed by atoms with Crippen molar-refractivity contribution in [3.8, 4) is 0 Å². The first-order chi connectivity index (χ1) is 7.66. The highest BCUT2D eigenvalue weighted by Gasteiger charge is 2.41. The molecule has 4 nitrogen and oxygen atoms in total. The zero-order chi connectivity index (χ0) is 11.3. The molecule has 3 rings (SSSR count). The molecule has 3 heterocycles. The van der Waals surface area contributed by atoms with Crippen LogP contribution in [0.15, 0.2) is 6.20 Å². The van der Waals surface area contributed by atoms with Gasteiger partial charge >= 0.3 is 0 Å². The number of carbonyl (C=O) groups excluding carboxylic acids is 1. The number of fused-ring (bicyclic) bond motifs is 4. The van der Waals surface area contributed by atoms with Crippen LogP contribution in [0.2, 0.25) is 0 Å². The summed E-state index contributed by atoms with van der Waals surface area (Å²) in [5.74, 6) is 1.01. The summed E-state index contributed by atoms with van der Waals surface area (Å²) < 4.78 is 0. The van der Waals surface area contributed by atoms with Gasteiger partial charge in [-0.1, -0.05) is 0 Å². The maximum Gasteiger partial charge on any atom is 0.220 e. The van der Waals surface area contributed by atoms with Crippen molar-refractivity contribution in [2.24, 2.45) is 0 Å². The largest absolute Gasteiger partial charge is 0.332 e. The van der Waals surface area contributed by atoms with Gasteiger partial charge in [-0.3, -0.25) is 4.79 Å². The minimum absolute atomic E-state index is 0.179. The van der Waals surface area contributed by atoms with Crippen LogP contribution in [0, 0.1) is 6.92 Å². The minimum Gasteiger partial charge on any atom is -0.332 e. The van der Waals surface area contributed by atoms with E-state index in [2.05, 4.69) is 9.97 Å². The van der Waals surface area contributed by atoms with Gasteiger partial charge in [-0.2, -0.15) is 0 Å². The highest BCUT2D eigenvalue weighted by Crippen LogP contribution is 2.42. The van der Waals surface area contributed by atoms with Gasteiger partial charge in [0.05, 0.1) is 11.7 Å². The Kier molecular flexibility index (Phi) is 1.99. The maximum absolute atomic E-state index is 11.6. The molecule has 1 amide bonds. The van der Waals surface area contributed by atoms with Crippen molar-refractivity contribution in [3.05, 3.63) is 23.3 Å². The maximum atomic E-state index is 11.6. The molecule has 0 spiro atoms. The van der Waals surface area contributed by atoms with E-state index in [1.54, 1.807) is 6.92 Å². The molecule has 0 N–H and O–H groups in total. The SMILES string of the molecule is CC(=O)N1C2CCC1c1cnc(C)nc1C2. The molecule has 2 bridgehead atoms. The summed E-state index contributed by atoms with van der Waals surface area (Å²) in [6, 6.07) is 0.594. The lowest BCUT2D eigenvalue weighted by Crippen LogP contribution is -2.41. The molecule has 1 saturated heterocycles. The van der Waals surface area contributed by atoms with Crippen molar-refractivity contribution in [3.63, 3.8) is 0 Å². The standard InChI is InChI=1S/C12H15N3O/c1-7-13-6-10-11(14-7)5-9-3-4-12(10)15(9)8(2)16/h6,9,12H,3-5H2,1-2H3. The van der Waals surface area contributed by atoms with Gasteiger partial charge in [0.25, 0.3) is 0 Å². The van der Waals surface area contributed by atoms with Crippen LogP contribution in [0.25, 0.3) is 0 Å². The zero-order valence-electron chi connectivity index (χ0n) is 9.60. The molecule has 1 fully saturated rings. The zero-order valence-corrected chi connectivity index (χ0v) is 9.60. The summed E-state index contributed by atoms with van der Waals surface area (Å²) in [6.07, 6.45) is 4.96. The van der Waals surface area contributed by atoms with Crippen molar-refractivity contribution in [2.75, 3.05) is 0 Å². The van der Waals surface area contributed by atoms with E-state index in [4.69, 9.17) is 0 Å². The fraction of sp³-hybridized carbons (Fsp3) is 0.583. The molecule has 0 saturated carbocycles. The number of amides is 1. The van der Waals surface area contributed by atoms with E-state index in [1.165, 1.54) is 0 Å². The van der Waals surface area contributed by atoms with E-state index in [-0.39, 0.29) is 11.9 Å². The lowest BCUT2D eigenvalue weighted by molar-refractivity contribution is -0.132. The Labute approximate surface area is 94.7 Å². The first-order valence-corrected chi connectivity index (χ1v) is 5.78. The molecule has 2 aliphatic rings. The van der Waals surface area contributed by atoms with E-state index < -0.39 is 0 Å². The predicted octanol–water partition coefficient (Wildman–Crippen LogP) is 1.39. The summed E-state index contributed by atoms with van der Waals surface area (Å²) in [6.45, 7) is 3.57. The molecule has 0 aliphatic carbocycles. The number of aromatic nitrogens is 2. The topological polar surface area (TPSA) is 46.1 Å². The summed E-state index contributed by atoms with van der Waals surface area (Å²) in [7, 11) is 0. The van der Waals surface area contributed by atoms with Gasteiger partial charge in [0.15, 0.2) is 0 Å². The summed E-state index contributed by atoms with van der Waals surface area (Å²) in [5, 5.41) is 0. The quantitative estimate of drug-likeness (QED) is 0.659. The highest BCUT2D eigenvalue weighted by atomic mass is 16.2. The molecule has 4 heteroatoms. The molecular weight excluding hydrogens is 202 g/mol. The lowest BCUT2D eigenvalue weighted by atomic mass is 9.99. The van der Waals surface area contributed by atoms with Crippen LogP contribution in [-0.4, -0.2) is 26.8 Å². The number of carbonyl (C=O) groups is 1. The fourth-order valence-electron chi connectivity index (χ4n) is 3.06. The average Bonchev–Trinajstić information content (AvgIpc) is 2.54. The number of nitrogens with zero attached hydrogens (tertiary/aromatic N) is 3. The Morgan fingerprint density at radius 2 is 2.31 bits per heavy atom. The lowest BCUT2D eigenvalue weighted by Gasteiger charge is -2.34. The third-order valence-electron chi connectivity index (χ3n) is 3.67. The van der Waals surface area contributed by atoms with Crippen molar-refractivity contribution < 1.29 is 4.79 Å². The second-order valence-electron chi connectivity index (χ2n) is 4.70. The van der Waals surface area contributed by atoms with Crippen molar-refractivity contribution in [2.45, 2.75) is 45.2 Å². The van der Waals surface area contributed by atoms with Crippen LogP contribution in [0.4, 0.5) is 0 Å². The van der Waals surface area contributed by atoms with Crippen LogP contribution in [0.5, 0.6) is 0 Å². The van der Waals surface area contributed by atoms with Gasteiger partial charge in [0.1, 0.15) is 5.82 Å². The van der Waals surface area contributed by atoms with Crippen LogP contribution < -0.4 is 0 Å². The van der Waals surface area contributed by atoms with Gasteiger partial charge in [-0.05, 0) is 19.8 Å². The number of hydrogen-bond acceptors (Lipinski definition) is 3. The average molecular weight is 217 g/mol. The number of rotatable bonds is 0. The van der Waals surface area contributed by atoms with Gasteiger partial charge < -0.3 is 4.90 Å². The Balaban J connectivity index is 2.08. The first kappa shape index (κ1) is 9.75. The monoisotopic (exact) mass is 217 g/mol. The van der Waals surface area contributed by atoms with Crippen molar-refractivity contribution >= 4 is 5.91 Å². The van der Waals surface area contributed by atoms with Gasteiger partial charge in [-0.15, -0.1) is 0 Å². The molecule has 1 aromatic rings. The van der Waals surface area contributed by atoms with Gasteiger partial charge in [0.2, 0.25) is 5.91 Å². The second-order valence-corrected chi connectivity index (χ2v) is 4.70. The Morgan fingerprint density at radius 1 is 1.50 bits per heavy atom. The number of hydrogen-bond donors (Lipinski definition) is 0. The van der Waals surface area contributed by atoms with Crippen molar-refractivity contribution in [1.29, 1.82) is 0 Å². The van der Waals surface area contributed by atoms with E-state index in [0.717, 1.165) is 36.3 Å². The molecule has 2 unspecified atom stereocenters. The molecule has 0 radical (unpaired) electrons. The van der Waals surface area contributed by atoms with E-state index in [1.807, 2.05) is 18.0 Å². The number of aryl methyl sites for hydroxylation is 1. The van der Waals surface area contributed by atoms with Gasteiger partial charge in [0, 0.05) is 31.1 Å². The van der Waals surface area contributed by atoms with E-state index in [0.29, 0.717) is 6.04 Å². The van der Waals surface area contributed by atoms with Crippen LogP contribution in [0.1, 0.15) is 42.9 Å². The highest BCUT2D eigenvalue weighted by molar-refractivity contribution is 5.75. The van der Waals surface area contributed by atoms with Crippen LogP contribution in [0.3, 0.4) is 0 Å². The summed E-state index contributed by atoms with van der Waals surface area (Å²) in [5.41, 5.74) is 2.31. The summed E-state index contributed by atoms with van der Waals surface area (Å²) >= 11 is 0. The predicted molar refractivity (Wildman–Crippen MR) is 58.8 cm³/mol. The smallest absolute Gasteiger partial charge is 0.220 e. The third kappa shape index (κ3) is 1.25. The van der Waals surface area contributed by atoms with E-state index in [9.17, 15) is 4.79 Å². The van der Waals surface area contributed by atoms with E-state index >= 15 is 0 Å². The molecule has 0 aromatic carbocycles. The van der Waals surface area contributed by atoms with Crippen LogP contribution >= 0.6 is 0 Å². The van der Waals surface area contributed by atoms with Gasteiger partial charge in [-0.25, -0.2) is 9.97 Å². The molecule has 16 heavy (non-hydrogen) atoms. The summed E-state index contributed by atoms with van der Waals surface area (Å²) in [4.78, 5) is 22.4. The third-order valence-corrected chi connectivity index (χ3v) is 3.67. The Morgan fingerprint density at radius 3 is 3.06 bits per heavy atom. The minimum atomic E-state index is 0.179. The van der Waals surface area contributed by atoms with Crippen molar-refractivity contribution in [1.82, 2.24) is 14.9 Å². The normalized spacial score (nSPS) is 26.8. The molecular formula is C12H15N3O. The fourth-order valence-corrected chi connectivity index (χ4v) is 3.06. The first-order valence-electron chi connectivity index (χ1n) is 5.78. The molecule has 2 atom stereocenters. The molecule has 1 aromatic heterocycles. The van der Waals surface area contributed by atoms with Crippen LogP contribution in [-0.2, 0) is 11.2 Å².